The Labute approximate surface area is 86.3 Å². The summed E-state index contributed by atoms with van der Waals surface area (Å²) in [5.41, 5.74) is 4.98. The van der Waals surface area contributed by atoms with Crippen LogP contribution < -0.4 is 10.1 Å². The van der Waals surface area contributed by atoms with E-state index in [0.29, 0.717) is 0 Å². The van der Waals surface area contributed by atoms with E-state index in [9.17, 15) is 0 Å². The third kappa shape index (κ3) is 1.84. The fraction of sp³-hybridized carbons (Fsp3) is 0.500. The zero-order valence-corrected chi connectivity index (χ0v) is 9.69. The van der Waals surface area contributed by atoms with Crippen molar-refractivity contribution >= 4 is 5.69 Å². The van der Waals surface area contributed by atoms with Crippen LogP contribution in [0.15, 0.2) is 6.07 Å². The number of methoxy groups -OCH3 is 1. The van der Waals surface area contributed by atoms with E-state index in [1.54, 1.807) is 7.11 Å². The number of benzene rings is 1. The van der Waals surface area contributed by atoms with Gasteiger partial charge >= 0.3 is 0 Å². The van der Waals surface area contributed by atoms with Crippen molar-refractivity contribution in [3.05, 3.63) is 22.8 Å². The van der Waals surface area contributed by atoms with Crippen LogP contribution in [0.4, 0.5) is 5.69 Å². The molecule has 0 aromatic heterocycles. The Hall–Kier alpha value is -1.18. The van der Waals surface area contributed by atoms with Gasteiger partial charge in [-0.2, -0.15) is 0 Å². The van der Waals surface area contributed by atoms with Gasteiger partial charge in [0.2, 0.25) is 0 Å². The third-order valence-electron chi connectivity index (χ3n) is 2.62. The molecular formula is C12H19NO. The molecule has 0 radical (unpaired) electrons. The van der Waals surface area contributed by atoms with Gasteiger partial charge in [0, 0.05) is 12.2 Å². The maximum atomic E-state index is 5.31. The molecule has 0 saturated heterocycles. The van der Waals surface area contributed by atoms with E-state index < -0.39 is 0 Å². The Balaban J connectivity index is 3.26. The molecule has 1 aromatic carbocycles. The first-order valence-corrected chi connectivity index (χ1v) is 5.00. The van der Waals surface area contributed by atoms with Crippen molar-refractivity contribution in [1.29, 1.82) is 0 Å². The number of hydrogen-bond acceptors (Lipinski definition) is 2. The molecule has 1 aromatic rings. The lowest BCUT2D eigenvalue weighted by molar-refractivity contribution is 0.411. The van der Waals surface area contributed by atoms with Gasteiger partial charge in [0.1, 0.15) is 5.75 Å². The van der Waals surface area contributed by atoms with Crippen LogP contribution in [-0.2, 0) is 0 Å². The fourth-order valence-electron chi connectivity index (χ4n) is 1.71. The zero-order chi connectivity index (χ0) is 10.7. The van der Waals surface area contributed by atoms with E-state index >= 15 is 0 Å². The SMILES string of the molecule is CCNc1c(C)cc(OC)c(C)c1C. The van der Waals surface area contributed by atoms with Crippen LogP contribution in [0.5, 0.6) is 5.75 Å². The van der Waals surface area contributed by atoms with Crippen LogP contribution >= 0.6 is 0 Å². The Morgan fingerprint density at radius 2 is 1.86 bits per heavy atom. The van der Waals surface area contributed by atoms with Gasteiger partial charge in [-0.25, -0.2) is 0 Å². The predicted octanol–water partition coefficient (Wildman–Crippen LogP) is 3.05. The van der Waals surface area contributed by atoms with Crippen molar-refractivity contribution in [3.8, 4) is 5.75 Å². The van der Waals surface area contributed by atoms with Crippen LogP contribution in [0, 0.1) is 20.8 Å². The topological polar surface area (TPSA) is 21.3 Å². The first kappa shape index (κ1) is 10.9. The van der Waals surface area contributed by atoms with E-state index in [-0.39, 0.29) is 0 Å². The molecule has 0 fully saturated rings. The molecule has 1 rings (SSSR count). The summed E-state index contributed by atoms with van der Waals surface area (Å²) in [6, 6.07) is 2.08. The number of ether oxygens (including phenoxy) is 1. The highest BCUT2D eigenvalue weighted by Gasteiger charge is 2.09. The molecule has 0 amide bonds. The van der Waals surface area contributed by atoms with Crippen molar-refractivity contribution in [3.63, 3.8) is 0 Å². The number of nitrogens with one attached hydrogen (secondary N) is 1. The van der Waals surface area contributed by atoms with Gasteiger partial charge < -0.3 is 10.1 Å². The minimum absolute atomic E-state index is 0.952. The summed E-state index contributed by atoms with van der Waals surface area (Å²) < 4.78 is 5.31. The predicted molar refractivity (Wildman–Crippen MR) is 61.4 cm³/mol. The molecule has 2 heteroatoms. The van der Waals surface area contributed by atoms with Crippen LogP contribution in [0.3, 0.4) is 0 Å². The molecule has 0 bridgehead atoms. The summed E-state index contributed by atoms with van der Waals surface area (Å²) >= 11 is 0. The van der Waals surface area contributed by atoms with Crippen molar-refractivity contribution in [1.82, 2.24) is 0 Å². The molecule has 0 aliphatic heterocycles. The molecule has 0 aliphatic rings. The molecule has 1 N–H and O–H groups in total. The Morgan fingerprint density at radius 1 is 1.21 bits per heavy atom. The molecule has 14 heavy (non-hydrogen) atoms. The van der Waals surface area contributed by atoms with Crippen molar-refractivity contribution in [2.75, 3.05) is 19.0 Å². The molecule has 0 spiro atoms. The molecule has 0 aliphatic carbocycles. The summed E-state index contributed by atoms with van der Waals surface area (Å²) in [6.07, 6.45) is 0. The van der Waals surface area contributed by atoms with E-state index in [1.807, 2.05) is 0 Å². The second kappa shape index (κ2) is 4.36. The third-order valence-corrected chi connectivity index (χ3v) is 2.62. The molecule has 0 unspecified atom stereocenters. The highest BCUT2D eigenvalue weighted by atomic mass is 16.5. The van der Waals surface area contributed by atoms with E-state index in [0.717, 1.165) is 12.3 Å². The number of aryl methyl sites for hydroxylation is 1. The van der Waals surface area contributed by atoms with E-state index in [4.69, 9.17) is 4.74 Å². The molecule has 0 heterocycles. The van der Waals surface area contributed by atoms with Gasteiger partial charge in [-0.3, -0.25) is 0 Å². The second-order valence-corrected chi connectivity index (χ2v) is 3.55. The smallest absolute Gasteiger partial charge is 0.122 e. The average Bonchev–Trinajstić information content (AvgIpc) is 2.18. The monoisotopic (exact) mass is 193 g/mol. The van der Waals surface area contributed by atoms with Gasteiger partial charge in [0.25, 0.3) is 0 Å². The van der Waals surface area contributed by atoms with Crippen molar-refractivity contribution in [2.24, 2.45) is 0 Å². The van der Waals surface area contributed by atoms with Crippen LogP contribution in [0.2, 0.25) is 0 Å². The summed E-state index contributed by atoms with van der Waals surface area (Å²) in [5, 5.41) is 3.38. The standard InChI is InChI=1S/C12H19NO/c1-6-13-12-8(2)7-11(14-5)9(3)10(12)4/h7,13H,6H2,1-5H3. The summed E-state index contributed by atoms with van der Waals surface area (Å²) in [7, 11) is 1.72. The average molecular weight is 193 g/mol. The van der Waals surface area contributed by atoms with E-state index in [1.165, 1.54) is 22.4 Å². The quantitative estimate of drug-likeness (QED) is 0.796. The first-order valence-electron chi connectivity index (χ1n) is 5.00. The largest absolute Gasteiger partial charge is 0.496 e. The van der Waals surface area contributed by atoms with Crippen LogP contribution in [-0.4, -0.2) is 13.7 Å². The highest BCUT2D eigenvalue weighted by molar-refractivity contribution is 5.63. The molecule has 78 valence electrons. The normalized spacial score (nSPS) is 10.1. The van der Waals surface area contributed by atoms with Crippen molar-refractivity contribution in [2.45, 2.75) is 27.7 Å². The highest BCUT2D eigenvalue weighted by Crippen LogP contribution is 2.30. The van der Waals surface area contributed by atoms with E-state index in [2.05, 4.69) is 39.1 Å². The van der Waals surface area contributed by atoms with Gasteiger partial charge in [-0.05, 0) is 50.5 Å². The zero-order valence-electron chi connectivity index (χ0n) is 9.69. The first-order chi connectivity index (χ1) is 6.61. The van der Waals surface area contributed by atoms with Crippen molar-refractivity contribution < 1.29 is 4.74 Å². The molecule has 0 saturated carbocycles. The van der Waals surface area contributed by atoms with Crippen LogP contribution in [0.1, 0.15) is 23.6 Å². The lowest BCUT2D eigenvalue weighted by atomic mass is 10.0. The lowest BCUT2D eigenvalue weighted by Gasteiger charge is -2.16. The number of hydrogen-bond donors (Lipinski definition) is 1. The molecular weight excluding hydrogens is 174 g/mol. The maximum absolute atomic E-state index is 5.31. The Kier molecular flexibility index (Phi) is 3.39. The van der Waals surface area contributed by atoms with Crippen LogP contribution in [0.25, 0.3) is 0 Å². The van der Waals surface area contributed by atoms with Gasteiger partial charge in [0.15, 0.2) is 0 Å². The fourth-order valence-corrected chi connectivity index (χ4v) is 1.71. The maximum Gasteiger partial charge on any atom is 0.122 e. The summed E-state index contributed by atoms with van der Waals surface area (Å²) in [4.78, 5) is 0. The minimum atomic E-state index is 0.952. The number of rotatable bonds is 3. The Morgan fingerprint density at radius 3 is 2.36 bits per heavy atom. The van der Waals surface area contributed by atoms with Gasteiger partial charge in [0.05, 0.1) is 7.11 Å². The second-order valence-electron chi connectivity index (χ2n) is 3.55. The summed E-state index contributed by atoms with van der Waals surface area (Å²) in [5.74, 6) is 0.974. The van der Waals surface area contributed by atoms with Gasteiger partial charge in [-0.15, -0.1) is 0 Å². The number of anilines is 1. The molecule has 0 atom stereocenters. The minimum Gasteiger partial charge on any atom is -0.496 e. The lowest BCUT2D eigenvalue weighted by Crippen LogP contribution is -2.03. The Bertz CT molecular complexity index is 332. The molecule has 2 nitrogen and oxygen atoms in total. The van der Waals surface area contributed by atoms with Gasteiger partial charge in [-0.1, -0.05) is 0 Å². The summed E-state index contributed by atoms with van der Waals surface area (Å²) in [6.45, 7) is 9.39.